The highest BCUT2D eigenvalue weighted by molar-refractivity contribution is 6.34. The summed E-state index contributed by atoms with van der Waals surface area (Å²) in [5.74, 6) is 0.0182. The number of halogens is 1. The lowest BCUT2D eigenvalue weighted by molar-refractivity contribution is -0.115. The number of nitrogens with two attached hydrogens (primary N) is 1. The minimum Gasteiger partial charge on any atom is -0.327 e. The molecule has 1 unspecified atom stereocenters. The van der Waals surface area contributed by atoms with Crippen molar-refractivity contribution < 1.29 is 4.79 Å². The van der Waals surface area contributed by atoms with Gasteiger partial charge in [0.2, 0.25) is 5.91 Å². The number of rotatable bonds is 2. The van der Waals surface area contributed by atoms with Crippen molar-refractivity contribution in [2.75, 3.05) is 5.32 Å². The van der Waals surface area contributed by atoms with Gasteiger partial charge in [-0.2, -0.15) is 0 Å². The van der Waals surface area contributed by atoms with Crippen molar-refractivity contribution in [2.24, 2.45) is 5.73 Å². The third-order valence-electron chi connectivity index (χ3n) is 4.02. The van der Waals surface area contributed by atoms with Gasteiger partial charge in [0.05, 0.1) is 17.1 Å². The second-order valence-corrected chi connectivity index (χ2v) is 5.57. The van der Waals surface area contributed by atoms with Crippen molar-refractivity contribution in [1.29, 1.82) is 0 Å². The van der Waals surface area contributed by atoms with E-state index in [4.69, 9.17) is 17.3 Å². The normalized spacial score (nSPS) is 21.9. The van der Waals surface area contributed by atoms with E-state index < -0.39 is 0 Å². The van der Waals surface area contributed by atoms with E-state index in [0.717, 1.165) is 24.1 Å². The fourth-order valence-corrected chi connectivity index (χ4v) is 3.01. The second-order valence-electron chi connectivity index (χ2n) is 5.16. The summed E-state index contributed by atoms with van der Waals surface area (Å²) >= 11 is 6.22. The maximum absolute atomic E-state index is 11.4. The molecular formula is C13H15ClN2O. The predicted octanol–water partition coefficient (Wildman–Crippen LogP) is 2.21. The van der Waals surface area contributed by atoms with Crippen molar-refractivity contribution in [3.8, 4) is 0 Å². The van der Waals surface area contributed by atoms with Gasteiger partial charge < -0.3 is 11.1 Å². The number of benzene rings is 1. The van der Waals surface area contributed by atoms with Gasteiger partial charge in [0.15, 0.2) is 0 Å². The molecule has 1 atom stereocenters. The Morgan fingerprint density at radius 1 is 1.47 bits per heavy atom. The van der Waals surface area contributed by atoms with Crippen molar-refractivity contribution in [3.05, 3.63) is 28.3 Å². The Labute approximate surface area is 105 Å². The summed E-state index contributed by atoms with van der Waals surface area (Å²) in [6.45, 7) is 2.04. The Morgan fingerprint density at radius 3 is 2.76 bits per heavy atom. The van der Waals surface area contributed by atoms with Crippen LogP contribution >= 0.6 is 11.6 Å². The van der Waals surface area contributed by atoms with Crippen LogP contribution in [0, 0.1) is 0 Å². The maximum atomic E-state index is 11.4. The lowest BCUT2D eigenvalue weighted by Crippen LogP contribution is -2.31. The van der Waals surface area contributed by atoms with Gasteiger partial charge in [0, 0.05) is 11.5 Å². The van der Waals surface area contributed by atoms with Crippen LogP contribution in [0.4, 0.5) is 5.69 Å². The number of carbonyl (C=O) groups is 1. The molecule has 1 saturated carbocycles. The van der Waals surface area contributed by atoms with Gasteiger partial charge in [-0.25, -0.2) is 0 Å². The Balaban J connectivity index is 2.07. The maximum Gasteiger partial charge on any atom is 0.228 e. The molecule has 1 amide bonds. The van der Waals surface area contributed by atoms with Gasteiger partial charge in [0.25, 0.3) is 0 Å². The number of fused-ring (bicyclic) bond motifs is 1. The highest BCUT2D eigenvalue weighted by Crippen LogP contribution is 2.52. The van der Waals surface area contributed by atoms with Crippen LogP contribution in [0.1, 0.15) is 30.9 Å². The van der Waals surface area contributed by atoms with E-state index in [1.165, 1.54) is 5.56 Å². The molecule has 1 heterocycles. The third-order valence-corrected chi connectivity index (χ3v) is 4.32. The van der Waals surface area contributed by atoms with Crippen molar-refractivity contribution >= 4 is 23.2 Å². The Hall–Kier alpha value is -1.06. The van der Waals surface area contributed by atoms with E-state index in [-0.39, 0.29) is 17.4 Å². The number of nitrogens with one attached hydrogen (secondary N) is 1. The third kappa shape index (κ3) is 1.57. The molecule has 0 radical (unpaired) electrons. The number of anilines is 1. The van der Waals surface area contributed by atoms with Crippen LogP contribution in [0.3, 0.4) is 0 Å². The van der Waals surface area contributed by atoms with Gasteiger partial charge in [-0.3, -0.25) is 4.79 Å². The molecule has 1 aliphatic carbocycles. The second kappa shape index (κ2) is 3.47. The predicted molar refractivity (Wildman–Crippen MR) is 68.3 cm³/mol. The van der Waals surface area contributed by atoms with Gasteiger partial charge in [0.1, 0.15) is 0 Å². The number of hydrogen-bond donors (Lipinski definition) is 2. The van der Waals surface area contributed by atoms with E-state index in [0.29, 0.717) is 11.4 Å². The van der Waals surface area contributed by atoms with E-state index in [1.54, 1.807) is 0 Å². The van der Waals surface area contributed by atoms with Gasteiger partial charge in [-0.05, 0) is 37.0 Å². The quantitative estimate of drug-likeness (QED) is 0.846. The average Bonchev–Trinajstić information content (AvgIpc) is 2.97. The first-order valence-electron chi connectivity index (χ1n) is 5.91. The van der Waals surface area contributed by atoms with Crippen molar-refractivity contribution in [1.82, 2.24) is 0 Å². The van der Waals surface area contributed by atoms with Gasteiger partial charge >= 0.3 is 0 Å². The number of hydrogen-bond acceptors (Lipinski definition) is 2. The van der Waals surface area contributed by atoms with Gasteiger partial charge in [-0.1, -0.05) is 17.7 Å². The van der Waals surface area contributed by atoms with Crippen LogP contribution in [0.25, 0.3) is 0 Å². The van der Waals surface area contributed by atoms with Crippen LogP contribution in [-0.4, -0.2) is 11.9 Å². The van der Waals surface area contributed by atoms with Crippen LogP contribution < -0.4 is 11.1 Å². The molecule has 17 heavy (non-hydrogen) atoms. The van der Waals surface area contributed by atoms with Crippen molar-refractivity contribution in [2.45, 2.75) is 37.6 Å². The van der Waals surface area contributed by atoms with Crippen LogP contribution in [0.5, 0.6) is 0 Å². The summed E-state index contributed by atoms with van der Waals surface area (Å²) in [6.07, 6.45) is 2.65. The minimum atomic E-state index is 0.0182. The standard InChI is InChI=1S/C13H15ClN2O/c1-7(15)13(2-3-13)9-4-8-5-11(17)16-12(8)10(14)6-9/h4,6-7H,2-3,5,15H2,1H3,(H,16,17). The van der Waals surface area contributed by atoms with Crippen molar-refractivity contribution in [3.63, 3.8) is 0 Å². The molecule has 1 aromatic carbocycles. The zero-order valence-electron chi connectivity index (χ0n) is 9.72. The zero-order valence-corrected chi connectivity index (χ0v) is 10.5. The molecule has 2 aliphatic rings. The summed E-state index contributed by atoms with van der Waals surface area (Å²) in [4.78, 5) is 11.4. The molecule has 0 spiro atoms. The first-order valence-corrected chi connectivity index (χ1v) is 6.29. The van der Waals surface area contributed by atoms with Crippen LogP contribution in [0.2, 0.25) is 5.02 Å². The molecule has 3 N–H and O–H groups in total. The summed E-state index contributed by atoms with van der Waals surface area (Å²) in [5.41, 5.74) is 9.12. The fraction of sp³-hybridized carbons (Fsp3) is 0.462. The molecule has 0 bridgehead atoms. The smallest absolute Gasteiger partial charge is 0.228 e. The Morgan fingerprint density at radius 2 is 2.18 bits per heavy atom. The molecule has 1 aromatic rings. The highest BCUT2D eigenvalue weighted by atomic mass is 35.5. The molecule has 1 fully saturated rings. The summed E-state index contributed by atoms with van der Waals surface area (Å²) in [7, 11) is 0. The summed E-state index contributed by atoms with van der Waals surface area (Å²) < 4.78 is 0. The number of amides is 1. The first kappa shape index (κ1) is 11.1. The molecule has 4 heteroatoms. The number of carbonyl (C=O) groups excluding carboxylic acids is 1. The molecule has 90 valence electrons. The molecule has 1 aliphatic heterocycles. The van der Waals surface area contributed by atoms with E-state index in [9.17, 15) is 4.79 Å². The highest BCUT2D eigenvalue weighted by Gasteiger charge is 2.48. The molecule has 3 rings (SSSR count). The molecule has 0 aromatic heterocycles. The molecule has 3 nitrogen and oxygen atoms in total. The van der Waals surface area contributed by atoms with Gasteiger partial charge in [-0.15, -0.1) is 0 Å². The summed E-state index contributed by atoms with van der Waals surface area (Å²) in [5, 5.41) is 3.43. The lowest BCUT2D eigenvalue weighted by Gasteiger charge is -2.21. The van der Waals surface area contributed by atoms with E-state index >= 15 is 0 Å². The minimum absolute atomic E-state index is 0.0182. The molecule has 0 saturated heterocycles. The zero-order chi connectivity index (χ0) is 12.2. The molecular weight excluding hydrogens is 236 g/mol. The fourth-order valence-electron chi connectivity index (χ4n) is 2.73. The largest absolute Gasteiger partial charge is 0.327 e. The van der Waals surface area contributed by atoms with Crippen LogP contribution in [-0.2, 0) is 16.6 Å². The Bertz CT molecular complexity index is 506. The SMILES string of the molecule is CC(N)C1(c2cc(Cl)c3c(c2)CC(=O)N3)CC1. The topological polar surface area (TPSA) is 55.1 Å². The average molecular weight is 251 g/mol. The summed E-state index contributed by atoms with van der Waals surface area (Å²) in [6, 6.07) is 4.18. The van der Waals surface area contributed by atoms with E-state index in [1.807, 2.05) is 13.0 Å². The van der Waals surface area contributed by atoms with E-state index in [2.05, 4.69) is 11.4 Å². The monoisotopic (exact) mass is 250 g/mol. The Kier molecular flexibility index (Phi) is 2.25. The first-order chi connectivity index (χ1) is 8.03. The van der Waals surface area contributed by atoms with Crippen LogP contribution in [0.15, 0.2) is 12.1 Å². The lowest BCUT2D eigenvalue weighted by atomic mass is 9.88.